The van der Waals surface area contributed by atoms with E-state index in [1.165, 1.54) is 10.5 Å². The van der Waals surface area contributed by atoms with Crippen LogP contribution >= 0.6 is 11.3 Å². The van der Waals surface area contributed by atoms with Gasteiger partial charge in [-0.1, -0.05) is 6.07 Å². The van der Waals surface area contributed by atoms with Crippen LogP contribution in [0.5, 0.6) is 0 Å². The lowest BCUT2D eigenvalue weighted by molar-refractivity contribution is 0.0467. The summed E-state index contributed by atoms with van der Waals surface area (Å²) in [5.41, 5.74) is 1.34. The summed E-state index contributed by atoms with van der Waals surface area (Å²) in [6.45, 7) is 3.81. The fraction of sp³-hybridized carbons (Fsp3) is 0.188. The number of carbonyl (C=O) groups is 1. The first-order valence-corrected chi connectivity index (χ1v) is 7.58. The zero-order chi connectivity index (χ0) is 15.7. The van der Waals surface area contributed by atoms with Crippen molar-refractivity contribution < 1.29 is 9.53 Å². The second-order valence-corrected chi connectivity index (χ2v) is 6.38. The van der Waals surface area contributed by atoms with Crippen LogP contribution in [-0.4, -0.2) is 15.4 Å². The van der Waals surface area contributed by atoms with Gasteiger partial charge in [0.15, 0.2) is 0 Å². The van der Waals surface area contributed by atoms with Gasteiger partial charge in [0.05, 0.1) is 11.3 Å². The lowest BCUT2D eigenvalue weighted by Gasteiger charge is -2.05. The van der Waals surface area contributed by atoms with Crippen molar-refractivity contribution in [3.05, 3.63) is 67.9 Å². The minimum atomic E-state index is -0.392. The van der Waals surface area contributed by atoms with Gasteiger partial charge >= 0.3 is 5.97 Å². The SMILES string of the molecule is Cc1cc(C(=O)OCc2cc(=O)n3ccccc3n2)c(C)s1. The molecule has 0 aliphatic rings. The second-order valence-electron chi connectivity index (χ2n) is 4.92. The molecular weight excluding hydrogens is 300 g/mol. The minimum Gasteiger partial charge on any atom is -0.456 e. The first-order valence-electron chi connectivity index (χ1n) is 6.76. The lowest BCUT2D eigenvalue weighted by atomic mass is 10.2. The van der Waals surface area contributed by atoms with Crippen molar-refractivity contribution in [2.45, 2.75) is 20.5 Å². The summed E-state index contributed by atoms with van der Waals surface area (Å²) in [4.78, 5) is 30.3. The Morgan fingerprint density at radius 1 is 1.32 bits per heavy atom. The molecule has 3 heterocycles. The number of pyridine rings is 1. The Balaban J connectivity index is 1.81. The normalized spacial score (nSPS) is 10.8. The molecule has 0 saturated heterocycles. The highest BCUT2D eigenvalue weighted by Gasteiger charge is 2.14. The Morgan fingerprint density at radius 3 is 2.86 bits per heavy atom. The average Bonchev–Trinajstić information content (AvgIpc) is 2.84. The molecule has 0 aromatic carbocycles. The molecule has 0 aliphatic carbocycles. The van der Waals surface area contributed by atoms with Gasteiger partial charge in [-0.3, -0.25) is 9.20 Å². The Kier molecular flexibility index (Phi) is 3.77. The van der Waals surface area contributed by atoms with Gasteiger partial charge in [-0.25, -0.2) is 9.78 Å². The largest absolute Gasteiger partial charge is 0.456 e. The van der Waals surface area contributed by atoms with E-state index >= 15 is 0 Å². The predicted molar refractivity (Wildman–Crippen MR) is 84.4 cm³/mol. The summed E-state index contributed by atoms with van der Waals surface area (Å²) in [5.74, 6) is -0.392. The molecule has 6 heteroatoms. The summed E-state index contributed by atoms with van der Waals surface area (Å²) >= 11 is 1.55. The van der Waals surface area contributed by atoms with E-state index in [9.17, 15) is 9.59 Å². The molecule has 0 saturated carbocycles. The maximum atomic E-state index is 12.1. The molecule has 0 N–H and O–H groups in total. The van der Waals surface area contributed by atoms with Gasteiger partial charge in [0.25, 0.3) is 5.56 Å². The van der Waals surface area contributed by atoms with Crippen LogP contribution in [0, 0.1) is 13.8 Å². The topological polar surface area (TPSA) is 60.7 Å². The molecule has 3 rings (SSSR count). The summed E-state index contributed by atoms with van der Waals surface area (Å²) in [7, 11) is 0. The molecule has 0 aliphatic heterocycles. The van der Waals surface area contributed by atoms with E-state index in [2.05, 4.69) is 4.98 Å². The van der Waals surface area contributed by atoms with Crippen molar-refractivity contribution in [1.82, 2.24) is 9.38 Å². The number of aryl methyl sites for hydroxylation is 2. The van der Waals surface area contributed by atoms with Gasteiger partial charge < -0.3 is 4.74 Å². The maximum absolute atomic E-state index is 12.1. The summed E-state index contributed by atoms with van der Waals surface area (Å²) in [6, 6.07) is 8.49. The third-order valence-corrected chi connectivity index (χ3v) is 4.20. The van der Waals surface area contributed by atoms with E-state index < -0.39 is 5.97 Å². The van der Waals surface area contributed by atoms with E-state index in [0.29, 0.717) is 16.9 Å². The summed E-state index contributed by atoms with van der Waals surface area (Å²) in [6.07, 6.45) is 1.65. The van der Waals surface area contributed by atoms with Crippen molar-refractivity contribution in [2.75, 3.05) is 0 Å². The average molecular weight is 314 g/mol. The third kappa shape index (κ3) is 2.78. The van der Waals surface area contributed by atoms with Crippen LogP contribution in [0.2, 0.25) is 0 Å². The highest BCUT2D eigenvalue weighted by molar-refractivity contribution is 7.12. The van der Waals surface area contributed by atoms with Crippen LogP contribution in [0.15, 0.2) is 41.3 Å². The van der Waals surface area contributed by atoms with Gasteiger partial charge in [-0.05, 0) is 32.0 Å². The van der Waals surface area contributed by atoms with Gasteiger partial charge in [0.1, 0.15) is 12.3 Å². The Hall–Kier alpha value is -2.47. The quantitative estimate of drug-likeness (QED) is 0.697. The molecule has 0 unspecified atom stereocenters. The number of carbonyl (C=O) groups excluding carboxylic acids is 1. The fourth-order valence-corrected chi connectivity index (χ4v) is 3.14. The molecule has 5 nitrogen and oxygen atoms in total. The number of ether oxygens (including phenoxy) is 1. The second kappa shape index (κ2) is 5.73. The van der Waals surface area contributed by atoms with Crippen LogP contribution in [0.3, 0.4) is 0 Å². The summed E-state index contributed by atoms with van der Waals surface area (Å²) < 4.78 is 6.71. The standard InChI is InChI=1S/C16H14N2O3S/c1-10-7-13(11(2)22-10)16(20)21-9-12-8-15(19)18-6-4-3-5-14(18)17-12/h3-8H,9H2,1-2H3. The van der Waals surface area contributed by atoms with Crippen LogP contribution < -0.4 is 5.56 Å². The zero-order valence-corrected chi connectivity index (χ0v) is 13.0. The number of nitrogens with zero attached hydrogens (tertiary/aromatic N) is 2. The predicted octanol–water partition coefficient (Wildman–Crippen LogP) is 2.73. The maximum Gasteiger partial charge on any atom is 0.339 e. The highest BCUT2D eigenvalue weighted by atomic mass is 32.1. The van der Waals surface area contributed by atoms with E-state index in [1.807, 2.05) is 19.9 Å². The van der Waals surface area contributed by atoms with Gasteiger partial charge in [0.2, 0.25) is 0 Å². The van der Waals surface area contributed by atoms with Crippen LogP contribution in [-0.2, 0) is 11.3 Å². The van der Waals surface area contributed by atoms with Crippen molar-refractivity contribution in [3.63, 3.8) is 0 Å². The molecule has 22 heavy (non-hydrogen) atoms. The molecule has 0 atom stereocenters. The molecule has 0 radical (unpaired) electrons. The van der Waals surface area contributed by atoms with Crippen LogP contribution in [0.25, 0.3) is 5.65 Å². The van der Waals surface area contributed by atoms with E-state index in [1.54, 1.807) is 35.7 Å². The van der Waals surface area contributed by atoms with Crippen LogP contribution in [0.4, 0.5) is 0 Å². The van der Waals surface area contributed by atoms with E-state index in [4.69, 9.17) is 4.74 Å². The molecule has 112 valence electrons. The zero-order valence-electron chi connectivity index (χ0n) is 12.2. The fourth-order valence-electron chi connectivity index (χ4n) is 2.23. The van der Waals surface area contributed by atoms with Crippen molar-refractivity contribution in [3.8, 4) is 0 Å². The number of aromatic nitrogens is 2. The number of fused-ring (bicyclic) bond motifs is 1. The molecule has 0 fully saturated rings. The molecule has 0 spiro atoms. The Labute approximate surface area is 130 Å². The van der Waals surface area contributed by atoms with Gasteiger partial charge in [-0.2, -0.15) is 0 Å². The van der Waals surface area contributed by atoms with E-state index in [0.717, 1.165) is 9.75 Å². The molecule has 0 amide bonds. The summed E-state index contributed by atoms with van der Waals surface area (Å²) in [5, 5.41) is 0. The number of rotatable bonds is 3. The van der Waals surface area contributed by atoms with Crippen molar-refractivity contribution in [1.29, 1.82) is 0 Å². The first-order chi connectivity index (χ1) is 10.5. The molecule has 0 bridgehead atoms. The molecule has 3 aromatic heterocycles. The van der Waals surface area contributed by atoms with E-state index in [-0.39, 0.29) is 12.2 Å². The molecular formula is C16H14N2O3S. The first kappa shape index (κ1) is 14.5. The monoisotopic (exact) mass is 314 g/mol. The highest BCUT2D eigenvalue weighted by Crippen LogP contribution is 2.21. The number of thiophene rings is 1. The molecule has 3 aromatic rings. The lowest BCUT2D eigenvalue weighted by Crippen LogP contribution is -2.16. The third-order valence-electron chi connectivity index (χ3n) is 3.24. The van der Waals surface area contributed by atoms with Crippen molar-refractivity contribution >= 4 is 23.0 Å². The Morgan fingerprint density at radius 2 is 2.14 bits per heavy atom. The number of esters is 1. The van der Waals surface area contributed by atoms with Crippen molar-refractivity contribution in [2.24, 2.45) is 0 Å². The minimum absolute atomic E-state index is 0.0200. The Bertz CT molecular complexity index is 911. The van der Waals surface area contributed by atoms with Gasteiger partial charge in [0, 0.05) is 22.0 Å². The number of hydrogen-bond donors (Lipinski definition) is 0. The smallest absolute Gasteiger partial charge is 0.339 e. The van der Waals surface area contributed by atoms with Gasteiger partial charge in [-0.15, -0.1) is 11.3 Å². The van der Waals surface area contributed by atoms with Crippen LogP contribution in [0.1, 0.15) is 25.8 Å². The number of hydrogen-bond acceptors (Lipinski definition) is 5.